The van der Waals surface area contributed by atoms with E-state index in [-0.39, 0.29) is 0 Å². The van der Waals surface area contributed by atoms with Crippen LogP contribution in [-0.2, 0) is 6.54 Å². The summed E-state index contributed by atoms with van der Waals surface area (Å²) in [5, 5.41) is 0.545. The number of hydrogen-bond donors (Lipinski definition) is 0. The van der Waals surface area contributed by atoms with Gasteiger partial charge in [0, 0.05) is 0 Å². The largest absolute Gasteiger partial charge is 0.310 e. The summed E-state index contributed by atoms with van der Waals surface area (Å²) in [6, 6.07) is 14.6. The summed E-state index contributed by atoms with van der Waals surface area (Å²) in [5.41, 5.74) is 5.79. The van der Waals surface area contributed by atoms with Crippen LogP contribution >= 0.6 is 11.6 Å². The molecule has 0 saturated carbocycles. The van der Waals surface area contributed by atoms with Crippen molar-refractivity contribution >= 4 is 22.6 Å². The summed E-state index contributed by atoms with van der Waals surface area (Å²) in [4.78, 5) is 4.44. The standard InChI is InChI=1S/C16H15ClN2/c1-11-8-14-15(9-12(11)2)19(16(17)18-14)10-13-6-4-3-5-7-13/h3-9H,10H2,1-2H3. The maximum absolute atomic E-state index is 6.27. The first-order valence-corrected chi connectivity index (χ1v) is 6.70. The van der Waals surface area contributed by atoms with Gasteiger partial charge in [-0.1, -0.05) is 30.3 Å². The van der Waals surface area contributed by atoms with Gasteiger partial charge in [-0.05, 0) is 54.3 Å². The van der Waals surface area contributed by atoms with Gasteiger partial charge in [0.05, 0.1) is 17.6 Å². The molecule has 2 aromatic carbocycles. The summed E-state index contributed by atoms with van der Waals surface area (Å²) in [5.74, 6) is 0. The number of aromatic nitrogens is 2. The molecule has 3 heteroatoms. The number of nitrogens with zero attached hydrogens (tertiary/aromatic N) is 2. The molecule has 0 bridgehead atoms. The number of benzene rings is 2. The molecule has 0 aliphatic heterocycles. The Hall–Kier alpha value is -1.80. The smallest absolute Gasteiger partial charge is 0.204 e. The van der Waals surface area contributed by atoms with E-state index in [1.807, 2.05) is 18.2 Å². The Morgan fingerprint density at radius 2 is 1.74 bits per heavy atom. The molecular formula is C16H15ClN2. The minimum absolute atomic E-state index is 0.545. The molecule has 0 radical (unpaired) electrons. The van der Waals surface area contributed by atoms with Crippen LogP contribution in [0, 0.1) is 13.8 Å². The Bertz CT molecular complexity index is 729. The lowest BCUT2D eigenvalue weighted by atomic mass is 10.1. The monoisotopic (exact) mass is 270 g/mol. The van der Waals surface area contributed by atoms with Crippen molar-refractivity contribution in [1.29, 1.82) is 0 Å². The van der Waals surface area contributed by atoms with Gasteiger partial charge in [-0.3, -0.25) is 0 Å². The van der Waals surface area contributed by atoms with Crippen LogP contribution in [0.25, 0.3) is 11.0 Å². The number of aryl methyl sites for hydroxylation is 2. The van der Waals surface area contributed by atoms with Crippen molar-refractivity contribution in [3.05, 3.63) is 64.4 Å². The molecule has 0 amide bonds. The maximum Gasteiger partial charge on any atom is 0.204 e. The molecule has 0 aliphatic rings. The van der Waals surface area contributed by atoms with E-state index in [0.29, 0.717) is 5.28 Å². The third-order valence-electron chi connectivity index (χ3n) is 3.50. The minimum Gasteiger partial charge on any atom is -0.310 e. The minimum atomic E-state index is 0.545. The van der Waals surface area contributed by atoms with Crippen molar-refractivity contribution in [1.82, 2.24) is 9.55 Å². The molecule has 1 heterocycles. The van der Waals surface area contributed by atoms with Crippen LogP contribution in [0.5, 0.6) is 0 Å². The molecule has 0 N–H and O–H groups in total. The molecule has 0 fully saturated rings. The highest BCUT2D eigenvalue weighted by molar-refractivity contribution is 6.29. The van der Waals surface area contributed by atoms with Crippen molar-refractivity contribution in [2.45, 2.75) is 20.4 Å². The van der Waals surface area contributed by atoms with Crippen LogP contribution in [0.4, 0.5) is 0 Å². The fraction of sp³-hybridized carbons (Fsp3) is 0.188. The third kappa shape index (κ3) is 2.24. The first kappa shape index (κ1) is 12.2. The number of fused-ring (bicyclic) bond motifs is 1. The Balaban J connectivity index is 2.13. The predicted molar refractivity (Wildman–Crippen MR) is 79.8 cm³/mol. The molecule has 3 aromatic rings. The van der Waals surface area contributed by atoms with Gasteiger partial charge in [0.15, 0.2) is 0 Å². The molecule has 0 unspecified atom stereocenters. The number of rotatable bonds is 2. The highest BCUT2D eigenvalue weighted by Gasteiger charge is 2.10. The van der Waals surface area contributed by atoms with Crippen molar-refractivity contribution in [2.75, 3.05) is 0 Å². The molecule has 19 heavy (non-hydrogen) atoms. The summed E-state index contributed by atoms with van der Waals surface area (Å²) < 4.78 is 2.05. The summed E-state index contributed by atoms with van der Waals surface area (Å²) >= 11 is 6.27. The Kier molecular flexibility index (Phi) is 3.03. The van der Waals surface area contributed by atoms with E-state index in [9.17, 15) is 0 Å². The summed E-state index contributed by atoms with van der Waals surface area (Å²) in [6.07, 6.45) is 0. The van der Waals surface area contributed by atoms with Gasteiger partial charge in [0.25, 0.3) is 0 Å². The van der Waals surface area contributed by atoms with Gasteiger partial charge < -0.3 is 4.57 Å². The molecule has 0 spiro atoms. The zero-order valence-electron chi connectivity index (χ0n) is 11.0. The molecule has 1 aromatic heterocycles. The van der Waals surface area contributed by atoms with Crippen molar-refractivity contribution in [2.24, 2.45) is 0 Å². The number of hydrogen-bond acceptors (Lipinski definition) is 1. The van der Waals surface area contributed by atoms with Crippen molar-refractivity contribution in [3.63, 3.8) is 0 Å². The number of halogens is 1. The zero-order chi connectivity index (χ0) is 13.4. The second-order valence-electron chi connectivity index (χ2n) is 4.88. The molecule has 0 saturated heterocycles. The molecule has 3 rings (SSSR count). The van der Waals surface area contributed by atoms with Crippen LogP contribution < -0.4 is 0 Å². The molecule has 0 aliphatic carbocycles. The van der Waals surface area contributed by atoms with Crippen LogP contribution in [-0.4, -0.2) is 9.55 Å². The van der Waals surface area contributed by atoms with Gasteiger partial charge in [-0.2, -0.15) is 0 Å². The zero-order valence-corrected chi connectivity index (χ0v) is 11.8. The van der Waals surface area contributed by atoms with Gasteiger partial charge in [-0.25, -0.2) is 4.98 Å². The Labute approximate surface area is 117 Å². The van der Waals surface area contributed by atoms with Crippen LogP contribution in [0.3, 0.4) is 0 Å². The lowest BCUT2D eigenvalue weighted by Crippen LogP contribution is -1.99. The molecule has 96 valence electrons. The average Bonchev–Trinajstić information content (AvgIpc) is 2.68. The summed E-state index contributed by atoms with van der Waals surface area (Å²) in [6.45, 7) is 4.96. The van der Waals surface area contributed by atoms with Crippen LogP contribution in [0.15, 0.2) is 42.5 Å². The predicted octanol–water partition coefficient (Wildman–Crippen LogP) is 4.35. The highest BCUT2D eigenvalue weighted by Crippen LogP contribution is 2.24. The fourth-order valence-corrected chi connectivity index (χ4v) is 2.51. The second-order valence-corrected chi connectivity index (χ2v) is 5.22. The molecule has 0 atom stereocenters. The van der Waals surface area contributed by atoms with E-state index in [1.54, 1.807) is 0 Å². The van der Waals surface area contributed by atoms with Crippen LogP contribution in [0.2, 0.25) is 5.28 Å². The highest BCUT2D eigenvalue weighted by atomic mass is 35.5. The van der Waals surface area contributed by atoms with Gasteiger partial charge in [0.2, 0.25) is 5.28 Å². The van der Waals surface area contributed by atoms with Crippen molar-refractivity contribution in [3.8, 4) is 0 Å². The Morgan fingerprint density at radius 1 is 1.05 bits per heavy atom. The van der Waals surface area contributed by atoms with Gasteiger partial charge in [-0.15, -0.1) is 0 Å². The lowest BCUT2D eigenvalue weighted by Gasteiger charge is -2.07. The lowest BCUT2D eigenvalue weighted by molar-refractivity contribution is 0.825. The third-order valence-corrected chi connectivity index (χ3v) is 3.79. The summed E-state index contributed by atoms with van der Waals surface area (Å²) in [7, 11) is 0. The second kappa shape index (κ2) is 4.71. The van der Waals surface area contributed by atoms with E-state index in [2.05, 4.69) is 47.7 Å². The van der Waals surface area contributed by atoms with Gasteiger partial charge in [0.1, 0.15) is 0 Å². The van der Waals surface area contributed by atoms with E-state index < -0.39 is 0 Å². The Morgan fingerprint density at radius 3 is 2.47 bits per heavy atom. The fourth-order valence-electron chi connectivity index (χ4n) is 2.27. The van der Waals surface area contributed by atoms with Crippen molar-refractivity contribution < 1.29 is 0 Å². The quantitative estimate of drug-likeness (QED) is 0.677. The van der Waals surface area contributed by atoms with Crippen LogP contribution in [0.1, 0.15) is 16.7 Å². The normalized spacial score (nSPS) is 11.1. The first-order chi connectivity index (χ1) is 9.15. The van der Waals surface area contributed by atoms with E-state index in [1.165, 1.54) is 16.7 Å². The maximum atomic E-state index is 6.27. The van der Waals surface area contributed by atoms with E-state index in [0.717, 1.165) is 17.6 Å². The van der Waals surface area contributed by atoms with E-state index in [4.69, 9.17) is 11.6 Å². The average molecular weight is 271 g/mol. The first-order valence-electron chi connectivity index (χ1n) is 6.32. The molecular weight excluding hydrogens is 256 g/mol. The number of imidazole rings is 1. The topological polar surface area (TPSA) is 17.8 Å². The SMILES string of the molecule is Cc1cc2nc(Cl)n(Cc3ccccc3)c2cc1C. The molecule has 2 nitrogen and oxygen atoms in total. The van der Waals surface area contributed by atoms with Gasteiger partial charge >= 0.3 is 0 Å². The van der Waals surface area contributed by atoms with E-state index >= 15 is 0 Å².